The molecule has 0 saturated carbocycles. The molecule has 3 heterocycles. The third-order valence-electron chi connectivity index (χ3n) is 9.47. The predicted molar refractivity (Wildman–Crippen MR) is 205 cm³/mol. The van der Waals surface area contributed by atoms with Crippen LogP contribution < -0.4 is 15.4 Å². The average molecular weight is 765 g/mol. The lowest BCUT2D eigenvalue weighted by molar-refractivity contribution is -0.138. The van der Waals surface area contributed by atoms with Gasteiger partial charge in [-0.25, -0.2) is 14.8 Å². The normalized spacial score (nSPS) is 13.8. The molecular weight excluding hydrogens is 725 g/mol. The number of imidazole rings is 1. The number of carbonyl (C=O) groups excluding carboxylic acids is 2. The van der Waals surface area contributed by atoms with Crippen LogP contribution >= 0.6 is 0 Å². The highest BCUT2D eigenvalue weighted by atomic mass is 19.4. The van der Waals surface area contributed by atoms with Gasteiger partial charge in [-0.05, 0) is 73.1 Å². The van der Waals surface area contributed by atoms with Crippen molar-refractivity contribution < 1.29 is 32.2 Å². The van der Waals surface area contributed by atoms with Crippen molar-refractivity contribution in [2.45, 2.75) is 26.3 Å². The number of rotatable bonds is 10. The third-order valence-corrected chi connectivity index (χ3v) is 9.47. The highest BCUT2D eigenvalue weighted by Gasteiger charge is 2.35. The number of nitrogens with zero attached hydrogens (tertiary/aromatic N) is 6. The highest BCUT2D eigenvalue weighted by molar-refractivity contribution is 6.05. The summed E-state index contributed by atoms with van der Waals surface area (Å²) in [4.78, 5) is 43.7. The molecule has 0 atom stereocenters. The van der Waals surface area contributed by atoms with E-state index in [0.717, 1.165) is 24.7 Å². The van der Waals surface area contributed by atoms with Gasteiger partial charge < -0.3 is 24.3 Å². The molecular formula is C41H39F3N8O4. The molecule has 0 radical (unpaired) electrons. The van der Waals surface area contributed by atoms with Crippen LogP contribution in [-0.2, 0) is 31.1 Å². The SMILES string of the molecule is Cc1ccc(Oc2nc(-c3ccc(NC(=O)OCc4ccccc4)cc3)nc3c2ncn3C)cc1NC(=O)c1ccc(CN2CCN(C)CC2)c(C(F)(F)F)c1. The van der Waals surface area contributed by atoms with Crippen molar-refractivity contribution in [2.75, 3.05) is 43.9 Å². The summed E-state index contributed by atoms with van der Waals surface area (Å²) >= 11 is 0. The van der Waals surface area contributed by atoms with E-state index >= 15 is 0 Å². The van der Waals surface area contributed by atoms with Crippen LogP contribution in [0.15, 0.2) is 97.3 Å². The zero-order valence-electron chi connectivity index (χ0n) is 30.9. The number of ether oxygens (including phenoxy) is 2. The lowest BCUT2D eigenvalue weighted by atomic mass is 10.0. The topological polar surface area (TPSA) is 127 Å². The Kier molecular flexibility index (Phi) is 11.0. The zero-order chi connectivity index (χ0) is 39.4. The molecule has 0 unspecified atom stereocenters. The van der Waals surface area contributed by atoms with Crippen molar-refractivity contribution in [1.29, 1.82) is 0 Å². The van der Waals surface area contributed by atoms with Gasteiger partial charge in [0, 0.05) is 68.3 Å². The van der Waals surface area contributed by atoms with Crippen molar-refractivity contribution >= 4 is 34.5 Å². The summed E-state index contributed by atoms with van der Waals surface area (Å²) in [7, 11) is 3.77. The minimum absolute atomic E-state index is 0.119. The van der Waals surface area contributed by atoms with E-state index in [4.69, 9.17) is 9.47 Å². The molecule has 0 spiro atoms. The number of benzene rings is 4. The van der Waals surface area contributed by atoms with Gasteiger partial charge in [-0.2, -0.15) is 18.2 Å². The summed E-state index contributed by atoms with van der Waals surface area (Å²) in [5.74, 6) is 0.0750. The Morgan fingerprint density at radius 2 is 1.61 bits per heavy atom. The quantitative estimate of drug-likeness (QED) is 0.143. The largest absolute Gasteiger partial charge is 0.444 e. The predicted octanol–water partition coefficient (Wildman–Crippen LogP) is 7.90. The third kappa shape index (κ3) is 8.96. The smallest absolute Gasteiger partial charge is 0.416 e. The first-order chi connectivity index (χ1) is 26.9. The second-order valence-corrected chi connectivity index (χ2v) is 13.6. The lowest BCUT2D eigenvalue weighted by Crippen LogP contribution is -2.44. The minimum Gasteiger partial charge on any atom is -0.444 e. The summed E-state index contributed by atoms with van der Waals surface area (Å²) in [5, 5.41) is 5.46. The average Bonchev–Trinajstić information content (AvgIpc) is 3.57. The first-order valence-corrected chi connectivity index (χ1v) is 17.9. The Labute approximate surface area is 320 Å². The maximum absolute atomic E-state index is 14.2. The number of hydrogen-bond donors (Lipinski definition) is 2. The van der Waals surface area contributed by atoms with Crippen molar-refractivity contribution in [3.8, 4) is 23.0 Å². The van der Waals surface area contributed by atoms with Crippen LogP contribution in [0.25, 0.3) is 22.6 Å². The summed E-state index contributed by atoms with van der Waals surface area (Å²) in [6.07, 6.45) is -3.65. The summed E-state index contributed by atoms with van der Waals surface area (Å²) in [6, 6.07) is 25.0. The van der Waals surface area contributed by atoms with E-state index in [-0.39, 0.29) is 30.2 Å². The molecule has 1 aliphatic rings. The fraction of sp³-hybridized carbons (Fsp3) is 0.244. The van der Waals surface area contributed by atoms with Gasteiger partial charge in [0.25, 0.3) is 11.8 Å². The van der Waals surface area contributed by atoms with Crippen LogP contribution in [0.4, 0.5) is 29.3 Å². The van der Waals surface area contributed by atoms with Gasteiger partial charge in [0.1, 0.15) is 12.4 Å². The van der Waals surface area contributed by atoms with Gasteiger partial charge in [-0.1, -0.05) is 42.5 Å². The first kappa shape index (κ1) is 38.0. The summed E-state index contributed by atoms with van der Waals surface area (Å²) < 4.78 is 56.0. The number of aryl methyl sites for hydroxylation is 2. The fourth-order valence-corrected chi connectivity index (χ4v) is 6.23. The van der Waals surface area contributed by atoms with Crippen LogP contribution in [0.3, 0.4) is 0 Å². The minimum atomic E-state index is -4.63. The molecule has 288 valence electrons. The number of piperazine rings is 1. The van der Waals surface area contributed by atoms with E-state index in [9.17, 15) is 22.8 Å². The monoisotopic (exact) mass is 764 g/mol. The van der Waals surface area contributed by atoms with E-state index in [1.54, 1.807) is 67.3 Å². The molecule has 1 fully saturated rings. The van der Waals surface area contributed by atoms with Crippen molar-refractivity contribution in [3.05, 3.63) is 125 Å². The molecule has 6 aromatic rings. The Morgan fingerprint density at radius 1 is 0.857 bits per heavy atom. The molecule has 0 bridgehead atoms. The Morgan fingerprint density at radius 3 is 2.34 bits per heavy atom. The van der Waals surface area contributed by atoms with E-state index in [2.05, 4.69) is 30.5 Å². The second kappa shape index (κ2) is 16.2. The molecule has 2 N–H and O–H groups in total. The van der Waals surface area contributed by atoms with Crippen LogP contribution in [0.5, 0.6) is 11.6 Å². The summed E-state index contributed by atoms with van der Waals surface area (Å²) in [5.41, 5.74) is 3.08. The number of aromatic nitrogens is 4. The van der Waals surface area contributed by atoms with Crippen LogP contribution in [0.1, 0.15) is 32.6 Å². The Bertz CT molecular complexity index is 2360. The summed E-state index contributed by atoms with van der Waals surface area (Å²) in [6.45, 7) is 4.92. The van der Waals surface area contributed by atoms with Crippen molar-refractivity contribution in [1.82, 2.24) is 29.3 Å². The number of carbonyl (C=O) groups is 2. The van der Waals surface area contributed by atoms with Gasteiger partial charge in [0.2, 0.25) is 0 Å². The zero-order valence-corrected chi connectivity index (χ0v) is 30.9. The van der Waals surface area contributed by atoms with E-state index in [1.807, 2.05) is 42.3 Å². The molecule has 56 heavy (non-hydrogen) atoms. The molecule has 1 saturated heterocycles. The van der Waals surface area contributed by atoms with Gasteiger partial charge >= 0.3 is 12.3 Å². The number of amides is 2. The number of nitrogens with one attached hydrogen (secondary N) is 2. The Balaban J connectivity index is 1.07. The number of halogens is 3. The van der Waals surface area contributed by atoms with Gasteiger partial charge in [0.15, 0.2) is 17.0 Å². The van der Waals surface area contributed by atoms with Gasteiger partial charge in [-0.3, -0.25) is 15.0 Å². The van der Waals surface area contributed by atoms with Crippen LogP contribution in [0, 0.1) is 6.92 Å². The highest BCUT2D eigenvalue weighted by Crippen LogP contribution is 2.35. The molecule has 2 aromatic heterocycles. The first-order valence-electron chi connectivity index (χ1n) is 17.9. The maximum atomic E-state index is 14.2. The molecule has 15 heteroatoms. The lowest BCUT2D eigenvalue weighted by Gasteiger charge is -2.33. The Hall–Kier alpha value is -6.32. The van der Waals surface area contributed by atoms with E-state index < -0.39 is 23.7 Å². The van der Waals surface area contributed by atoms with E-state index in [0.29, 0.717) is 58.3 Å². The number of hydrogen-bond acceptors (Lipinski definition) is 9. The number of anilines is 2. The molecule has 7 rings (SSSR count). The number of alkyl halides is 3. The molecule has 12 nitrogen and oxygen atoms in total. The van der Waals surface area contributed by atoms with Gasteiger partial charge in [0.05, 0.1) is 11.9 Å². The molecule has 4 aromatic carbocycles. The molecule has 1 aliphatic heterocycles. The number of likely N-dealkylation sites (N-methyl/N-ethyl adjacent to an activating group) is 1. The second-order valence-electron chi connectivity index (χ2n) is 13.6. The fourth-order valence-electron chi connectivity index (χ4n) is 6.23. The molecule has 2 amide bonds. The van der Waals surface area contributed by atoms with Crippen LogP contribution in [0.2, 0.25) is 0 Å². The maximum Gasteiger partial charge on any atom is 0.416 e. The van der Waals surface area contributed by atoms with Crippen LogP contribution in [-0.4, -0.2) is 74.5 Å². The van der Waals surface area contributed by atoms with Gasteiger partial charge in [-0.15, -0.1) is 0 Å². The number of fused-ring (bicyclic) bond motifs is 1. The van der Waals surface area contributed by atoms with E-state index in [1.165, 1.54) is 12.1 Å². The molecule has 0 aliphatic carbocycles. The van der Waals surface area contributed by atoms with Crippen molar-refractivity contribution in [2.24, 2.45) is 7.05 Å². The standard InChI is InChI=1S/C41H39F3N8O4/c1-26-9-16-32(22-34(26)47-38(53)29-10-11-30(33(21-29)41(42,43)44)23-52-19-17-50(2)18-20-52)56-39-35-37(51(3)25-45-35)48-36(49-39)28-12-14-31(15-13-28)46-40(54)55-24-27-7-5-4-6-8-27/h4-16,21-22,25H,17-20,23-24H2,1-3H3,(H,46,54)(H,47,53). The van der Waals surface area contributed by atoms with Crippen molar-refractivity contribution in [3.63, 3.8) is 0 Å².